The molecular weight excluding hydrogens is 142 g/mol. The average molecular weight is 159 g/mol. The Balaban J connectivity index is 3.32. The zero-order valence-corrected chi connectivity index (χ0v) is 7.68. The van der Waals surface area contributed by atoms with E-state index in [-0.39, 0.29) is 11.9 Å². The molecule has 0 heterocycles. The molecule has 0 fully saturated rings. The second-order valence-electron chi connectivity index (χ2n) is 3.12. The maximum atomic E-state index is 10.9. The minimum atomic E-state index is -0.154. The van der Waals surface area contributed by atoms with Crippen LogP contribution >= 0.6 is 0 Å². The molecular formula is C8H17NO2. The fraction of sp³-hybridized carbons (Fsp3) is 0.875. The second-order valence-corrected chi connectivity index (χ2v) is 3.12. The van der Waals surface area contributed by atoms with E-state index in [1.165, 1.54) is 0 Å². The minimum Gasteiger partial charge on any atom is -0.450 e. The lowest BCUT2D eigenvalue weighted by Crippen LogP contribution is -2.28. The Morgan fingerprint density at radius 2 is 1.91 bits per heavy atom. The van der Waals surface area contributed by atoms with Crippen LogP contribution in [0, 0.1) is 5.92 Å². The van der Waals surface area contributed by atoms with Crippen molar-refractivity contribution in [1.29, 1.82) is 0 Å². The lowest BCUT2D eigenvalue weighted by atomic mass is 10.2. The van der Waals surface area contributed by atoms with Gasteiger partial charge in [0.25, 0.3) is 0 Å². The molecule has 0 atom stereocenters. The van der Waals surface area contributed by atoms with Gasteiger partial charge in [0.05, 0.1) is 5.92 Å². The van der Waals surface area contributed by atoms with Gasteiger partial charge in [0.2, 0.25) is 0 Å². The van der Waals surface area contributed by atoms with Gasteiger partial charge in [0.1, 0.15) is 6.73 Å². The van der Waals surface area contributed by atoms with Crippen LogP contribution in [0.1, 0.15) is 27.7 Å². The van der Waals surface area contributed by atoms with E-state index in [1.807, 2.05) is 27.7 Å². The summed E-state index contributed by atoms with van der Waals surface area (Å²) in [4.78, 5) is 10.9. The molecule has 3 nitrogen and oxygen atoms in total. The Kier molecular flexibility index (Phi) is 4.86. The minimum absolute atomic E-state index is 0.0380. The molecule has 11 heavy (non-hydrogen) atoms. The summed E-state index contributed by atoms with van der Waals surface area (Å²) >= 11 is 0. The normalized spacial score (nSPS) is 10.7. The molecule has 0 saturated carbocycles. The second kappa shape index (κ2) is 5.13. The van der Waals surface area contributed by atoms with Gasteiger partial charge in [-0.3, -0.25) is 10.1 Å². The third-order valence-electron chi connectivity index (χ3n) is 1.18. The standard InChI is InChI=1S/C8H17NO2/c1-6(2)8(10)11-5-9-7(3)4/h6-7,9H,5H2,1-4H3. The van der Waals surface area contributed by atoms with Crippen LogP contribution < -0.4 is 5.32 Å². The number of rotatable bonds is 4. The van der Waals surface area contributed by atoms with Gasteiger partial charge < -0.3 is 4.74 Å². The molecule has 1 N–H and O–H groups in total. The van der Waals surface area contributed by atoms with Crippen LogP contribution in [0.5, 0.6) is 0 Å². The van der Waals surface area contributed by atoms with Crippen LogP contribution in [0.25, 0.3) is 0 Å². The van der Waals surface area contributed by atoms with E-state index in [0.29, 0.717) is 12.8 Å². The Morgan fingerprint density at radius 3 is 2.27 bits per heavy atom. The lowest BCUT2D eigenvalue weighted by Gasteiger charge is -2.10. The number of nitrogens with one attached hydrogen (secondary N) is 1. The predicted octanol–water partition coefficient (Wildman–Crippen LogP) is 1.14. The molecule has 66 valence electrons. The van der Waals surface area contributed by atoms with Crippen molar-refractivity contribution in [2.75, 3.05) is 6.73 Å². The van der Waals surface area contributed by atoms with Crippen molar-refractivity contribution >= 4 is 5.97 Å². The molecule has 0 amide bonds. The SMILES string of the molecule is CC(C)NCOC(=O)C(C)C. The summed E-state index contributed by atoms with van der Waals surface area (Å²) in [6.07, 6.45) is 0. The predicted molar refractivity (Wildman–Crippen MR) is 44.1 cm³/mol. The molecule has 0 bridgehead atoms. The molecule has 0 aromatic heterocycles. The van der Waals surface area contributed by atoms with Gasteiger partial charge >= 0.3 is 5.97 Å². The Labute approximate surface area is 68.1 Å². The molecule has 0 aromatic carbocycles. The summed E-state index contributed by atoms with van der Waals surface area (Å²) in [5.41, 5.74) is 0. The van der Waals surface area contributed by atoms with Crippen LogP contribution in [0.2, 0.25) is 0 Å². The highest BCUT2D eigenvalue weighted by molar-refractivity contribution is 5.71. The third kappa shape index (κ3) is 5.85. The molecule has 0 saturated heterocycles. The number of carbonyl (C=O) groups is 1. The Morgan fingerprint density at radius 1 is 1.36 bits per heavy atom. The van der Waals surface area contributed by atoms with Gasteiger partial charge in [-0.1, -0.05) is 13.8 Å². The monoisotopic (exact) mass is 159 g/mol. The summed E-state index contributed by atoms with van der Waals surface area (Å²) in [5, 5.41) is 2.99. The number of ether oxygens (including phenoxy) is 1. The zero-order chi connectivity index (χ0) is 8.85. The van der Waals surface area contributed by atoms with Crippen molar-refractivity contribution in [2.45, 2.75) is 33.7 Å². The fourth-order valence-corrected chi connectivity index (χ4v) is 0.446. The number of hydrogen-bond donors (Lipinski definition) is 1. The van der Waals surface area contributed by atoms with Crippen LogP contribution in [0.3, 0.4) is 0 Å². The van der Waals surface area contributed by atoms with E-state index in [4.69, 9.17) is 4.74 Å². The van der Waals surface area contributed by atoms with Crippen molar-refractivity contribution in [1.82, 2.24) is 5.32 Å². The lowest BCUT2D eigenvalue weighted by molar-refractivity contribution is -0.148. The number of hydrogen-bond acceptors (Lipinski definition) is 3. The molecule has 0 rings (SSSR count). The van der Waals surface area contributed by atoms with Gasteiger partial charge in [0.15, 0.2) is 0 Å². The molecule has 0 unspecified atom stereocenters. The van der Waals surface area contributed by atoms with E-state index in [0.717, 1.165) is 0 Å². The summed E-state index contributed by atoms with van der Waals surface area (Å²) in [7, 11) is 0. The molecule has 0 aliphatic carbocycles. The van der Waals surface area contributed by atoms with Crippen molar-refractivity contribution < 1.29 is 9.53 Å². The third-order valence-corrected chi connectivity index (χ3v) is 1.18. The van der Waals surface area contributed by atoms with Crippen LogP contribution in [0.15, 0.2) is 0 Å². The van der Waals surface area contributed by atoms with Crippen molar-refractivity contribution in [3.8, 4) is 0 Å². The molecule has 0 spiro atoms. The highest BCUT2D eigenvalue weighted by atomic mass is 16.5. The van der Waals surface area contributed by atoms with Crippen molar-refractivity contribution in [2.24, 2.45) is 5.92 Å². The first-order chi connectivity index (χ1) is 5.04. The van der Waals surface area contributed by atoms with E-state index >= 15 is 0 Å². The van der Waals surface area contributed by atoms with Crippen LogP contribution in [-0.2, 0) is 9.53 Å². The topological polar surface area (TPSA) is 38.3 Å². The van der Waals surface area contributed by atoms with Gasteiger partial charge in [-0.25, -0.2) is 0 Å². The molecule has 3 heteroatoms. The van der Waals surface area contributed by atoms with E-state index in [1.54, 1.807) is 0 Å². The summed E-state index contributed by atoms with van der Waals surface area (Å²) in [6.45, 7) is 7.95. The molecule has 0 aliphatic heterocycles. The number of esters is 1. The summed E-state index contributed by atoms with van der Waals surface area (Å²) < 4.78 is 4.86. The Bertz CT molecular complexity index is 121. The highest BCUT2D eigenvalue weighted by Crippen LogP contribution is 1.94. The van der Waals surface area contributed by atoms with E-state index < -0.39 is 0 Å². The maximum Gasteiger partial charge on any atom is 0.309 e. The van der Waals surface area contributed by atoms with E-state index in [9.17, 15) is 4.79 Å². The summed E-state index contributed by atoms with van der Waals surface area (Å²) in [6, 6.07) is 0.356. The Hall–Kier alpha value is -0.570. The van der Waals surface area contributed by atoms with Crippen molar-refractivity contribution in [3.63, 3.8) is 0 Å². The van der Waals surface area contributed by atoms with Gasteiger partial charge in [-0.15, -0.1) is 0 Å². The fourth-order valence-electron chi connectivity index (χ4n) is 0.446. The molecule has 0 aromatic rings. The van der Waals surface area contributed by atoms with Gasteiger partial charge in [-0.2, -0.15) is 0 Å². The number of carbonyl (C=O) groups excluding carboxylic acids is 1. The quantitative estimate of drug-likeness (QED) is 0.494. The first kappa shape index (κ1) is 10.4. The van der Waals surface area contributed by atoms with Crippen LogP contribution in [-0.4, -0.2) is 18.7 Å². The first-order valence-electron chi connectivity index (χ1n) is 3.94. The smallest absolute Gasteiger partial charge is 0.309 e. The van der Waals surface area contributed by atoms with Gasteiger partial charge in [-0.05, 0) is 13.8 Å². The van der Waals surface area contributed by atoms with Gasteiger partial charge in [0, 0.05) is 6.04 Å². The maximum absolute atomic E-state index is 10.9. The molecule has 0 aliphatic rings. The first-order valence-corrected chi connectivity index (χ1v) is 3.94. The molecule has 0 radical (unpaired) electrons. The zero-order valence-electron chi connectivity index (χ0n) is 7.68. The largest absolute Gasteiger partial charge is 0.450 e. The van der Waals surface area contributed by atoms with Crippen molar-refractivity contribution in [3.05, 3.63) is 0 Å². The average Bonchev–Trinajstić information content (AvgIpc) is 1.86. The summed E-state index contributed by atoms with van der Waals surface area (Å²) in [5.74, 6) is -0.192. The highest BCUT2D eigenvalue weighted by Gasteiger charge is 2.06. The van der Waals surface area contributed by atoms with Crippen LogP contribution in [0.4, 0.5) is 0 Å². The van der Waals surface area contributed by atoms with E-state index in [2.05, 4.69) is 5.32 Å².